The predicted octanol–water partition coefficient (Wildman–Crippen LogP) is 4.17. The van der Waals surface area contributed by atoms with Crippen molar-refractivity contribution in [2.75, 3.05) is 0 Å². The Kier molecular flexibility index (Phi) is 7.04. The van der Waals surface area contributed by atoms with Crippen LogP contribution in [0.15, 0.2) is 12.1 Å². The van der Waals surface area contributed by atoms with Crippen molar-refractivity contribution in [1.29, 1.82) is 0 Å². The first-order chi connectivity index (χ1) is 6.02. The molecule has 0 unspecified atom stereocenters. The molecule has 0 saturated carbocycles. The third-order valence-electron chi connectivity index (χ3n) is 1.84. The zero-order valence-electron chi connectivity index (χ0n) is 8.32. The maximum atomic E-state index is 4.95. The van der Waals surface area contributed by atoms with Crippen molar-refractivity contribution in [2.45, 2.75) is 20.8 Å². The molecule has 0 spiro atoms. The second-order valence-electron chi connectivity index (χ2n) is 2.98. The van der Waals surface area contributed by atoms with Gasteiger partial charge in [0.05, 0.1) is 0 Å². The molecule has 0 aliphatic heterocycles. The van der Waals surface area contributed by atoms with Crippen LogP contribution < -0.4 is 0 Å². The molecular weight excluding hydrogens is 256 g/mol. The first kappa shape index (κ1) is 13.4. The summed E-state index contributed by atoms with van der Waals surface area (Å²) in [4.78, 5) is 0. The first-order valence-corrected chi connectivity index (χ1v) is 11.8. The number of halogens is 2. The fraction of sp³-hybridized carbons (Fsp3) is 0.300. The summed E-state index contributed by atoms with van der Waals surface area (Å²) in [5.41, 5.74) is 5.07. The molecule has 0 aliphatic rings. The Morgan fingerprint density at radius 2 is 1.38 bits per heavy atom. The van der Waals surface area contributed by atoms with Crippen LogP contribution in [-0.2, 0) is 15.1 Å². The summed E-state index contributed by atoms with van der Waals surface area (Å²) in [5, 5.41) is 0. The monoisotopic (exact) mass is 267 g/mol. The van der Waals surface area contributed by atoms with E-state index in [4.69, 9.17) is 19.4 Å². The molecule has 0 fully saturated rings. The Labute approximate surface area is 96.3 Å². The van der Waals surface area contributed by atoms with Crippen LogP contribution in [0, 0.1) is 27.7 Å². The van der Waals surface area contributed by atoms with E-state index >= 15 is 0 Å². The van der Waals surface area contributed by atoms with Gasteiger partial charge in [-0.2, -0.15) is 0 Å². The average molecular weight is 270 g/mol. The van der Waals surface area contributed by atoms with E-state index in [-0.39, 0.29) is 0 Å². The third kappa shape index (κ3) is 5.00. The van der Waals surface area contributed by atoms with Gasteiger partial charge in [-0.3, -0.25) is 0 Å². The van der Waals surface area contributed by atoms with Gasteiger partial charge in [-0.25, -0.2) is 0 Å². The number of hydrogen-bond acceptors (Lipinski definition) is 0. The normalized spacial score (nSPS) is 8.46. The summed E-state index contributed by atoms with van der Waals surface area (Å²) in [6, 6.07) is 4.32. The van der Waals surface area contributed by atoms with Crippen LogP contribution in [0.5, 0.6) is 0 Å². The van der Waals surface area contributed by atoms with Crippen LogP contribution in [0.1, 0.15) is 22.3 Å². The number of hydrogen-bond donors (Lipinski definition) is 0. The maximum absolute atomic E-state index is 4.95. The molecule has 0 aliphatic carbocycles. The molecule has 13 heavy (non-hydrogen) atoms. The summed E-state index contributed by atoms with van der Waals surface area (Å²) < 4.78 is 0. The third-order valence-corrected chi connectivity index (χ3v) is 1.84. The van der Waals surface area contributed by atoms with Gasteiger partial charge >= 0.3 is 34.5 Å². The van der Waals surface area contributed by atoms with Crippen LogP contribution >= 0.6 is 19.4 Å². The predicted molar refractivity (Wildman–Crippen MR) is 56.8 cm³/mol. The van der Waals surface area contributed by atoms with Crippen molar-refractivity contribution in [1.82, 2.24) is 0 Å². The van der Waals surface area contributed by atoms with Gasteiger partial charge in [0.1, 0.15) is 0 Å². The minimum atomic E-state index is -0.931. The molecule has 0 heterocycles. The van der Waals surface area contributed by atoms with E-state index in [1.807, 2.05) is 0 Å². The Morgan fingerprint density at radius 1 is 1.08 bits per heavy atom. The van der Waals surface area contributed by atoms with E-state index in [1.165, 1.54) is 22.3 Å². The molecule has 1 radical (unpaired) electrons. The van der Waals surface area contributed by atoms with Gasteiger partial charge in [0, 0.05) is 0 Å². The van der Waals surface area contributed by atoms with Crippen LogP contribution in [-0.4, -0.2) is 0 Å². The number of benzene rings is 1. The van der Waals surface area contributed by atoms with Crippen LogP contribution in [0.2, 0.25) is 0 Å². The topological polar surface area (TPSA) is 0 Å². The van der Waals surface area contributed by atoms with Gasteiger partial charge in [0.25, 0.3) is 0 Å². The summed E-state index contributed by atoms with van der Waals surface area (Å²) in [5.74, 6) is 0. The van der Waals surface area contributed by atoms with Gasteiger partial charge in [0.2, 0.25) is 0 Å². The van der Waals surface area contributed by atoms with Crippen molar-refractivity contribution in [3.63, 3.8) is 0 Å². The molecule has 0 N–H and O–H groups in total. The fourth-order valence-electron chi connectivity index (χ4n) is 1.21. The van der Waals surface area contributed by atoms with E-state index in [2.05, 4.69) is 39.8 Å². The van der Waals surface area contributed by atoms with Crippen molar-refractivity contribution in [3.05, 3.63) is 41.3 Å². The van der Waals surface area contributed by atoms with Crippen LogP contribution in [0.4, 0.5) is 0 Å². The van der Waals surface area contributed by atoms with Gasteiger partial charge in [0.15, 0.2) is 0 Å². The summed E-state index contributed by atoms with van der Waals surface area (Å²) in [6.07, 6.45) is 0. The van der Waals surface area contributed by atoms with Gasteiger partial charge in [-0.15, -0.1) is 0 Å². The van der Waals surface area contributed by atoms with E-state index in [9.17, 15) is 0 Å². The fourth-order valence-corrected chi connectivity index (χ4v) is 1.21. The molecule has 69 valence electrons. The molecule has 0 amide bonds. The minimum absolute atomic E-state index is 0.931. The molecule has 0 nitrogen and oxygen atoms in total. The molecule has 0 aromatic heterocycles. The van der Waals surface area contributed by atoms with Crippen LogP contribution in [0.25, 0.3) is 0 Å². The molecule has 1 aromatic carbocycles. The van der Waals surface area contributed by atoms with E-state index in [0.29, 0.717) is 0 Å². The van der Waals surface area contributed by atoms with E-state index in [1.54, 1.807) is 0 Å². The average Bonchev–Trinajstić information content (AvgIpc) is 2.01. The second-order valence-corrected chi connectivity index (χ2v) is 7.60. The molecule has 0 bridgehead atoms. The summed E-state index contributed by atoms with van der Waals surface area (Å²) >= 11 is -0.931. The van der Waals surface area contributed by atoms with E-state index in [0.717, 1.165) is 0 Å². The Morgan fingerprint density at radius 3 is 1.69 bits per heavy atom. The standard InChI is InChI=1S/C10H13.2ClH.Zn/c1-7-5-8(2)10(4)9(3)6-7;;;/h5-6H,4H2,1-3H3;2*1H;/q;;;+2/p-2. The Bertz CT molecular complexity index is 249. The molecule has 1 aromatic rings. The SMILES string of the molecule is [CH2]c1c(C)cc(C)cc1C.[Cl][Zn][Cl]. The molecular formula is C10H13Cl2Zn. The summed E-state index contributed by atoms with van der Waals surface area (Å²) in [7, 11) is 9.90. The van der Waals surface area contributed by atoms with Gasteiger partial charge in [-0.1, -0.05) is 17.7 Å². The Balaban J connectivity index is 0.000000424. The first-order valence-electron chi connectivity index (χ1n) is 4.04. The van der Waals surface area contributed by atoms with Crippen molar-refractivity contribution in [3.8, 4) is 0 Å². The van der Waals surface area contributed by atoms with Crippen molar-refractivity contribution >= 4 is 19.4 Å². The quantitative estimate of drug-likeness (QED) is 0.620. The zero-order valence-corrected chi connectivity index (χ0v) is 12.8. The molecule has 0 atom stereocenters. The van der Waals surface area contributed by atoms with Crippen molar-refractivity contribution < 1.29 is 15.1 Å². The number of aryl methyl sites for hydroxylation is 3. The number of rotatable bonds is 0. The molecule has 1 rings (SSSR count). The Hall–Kier alpha value is 0.423. The van der Waals surface area contributed by atoms with Crippen LogP contribution in [0.3, 0.4) is 0 Å². The molecule has 0 saturated heterocycles. The van der Waals surface area contributed by atoms with Crippen molar-refractivity contribution in [2.24, 2.45) is 0 Å². The second kappa shape index (κ2) is 6.82. The summed E-state index contributed by atoms with van der Waals surface area (Å²) in [6.45, 7) is 10.3. The molecule has 3 heteroatoms. The zero-order chi connectivity index (χ0) is 10.4. The van der Waals surface area contributed by atoms with Gasteiger partial charge < -0.3 is 0 Å². The van der Waals surface area contributed by atoms with Gasteiger partial charge in [-0.05, 0) is 44.4 Å². The van der Waals surface area contributed by atoms with E-state index < -0.39 is 15.1 Å².